The van der Waals surface area contributed by atoms with Crippen molar-refractivity contribution in [2.45, 2.75) is 25.7 Å². The number of nitrogens with zero attached hydrogens (tertiary/aromatic N) is 3. The van der Waals surface area contributed by atoms with E-state index in [1.54, 1.807) is 29.2 Å². The lowest BCUT2D eigenvalue weighted by Crippen LogP contribution is -2.52. The second-order valence-electron chi connectivity index (χ2n) is 9.14. The van der Waals surface area contributed by atoms with Crippen molar-refractivity contribution in [1.29, 1.82) is 0 Å². The summed E-state index contributed by atoms with van der Waals surface area (Å²) >= 11 is 0. The number of aryl methyl sites for hydroxylation is 3. The lowest BCUT2D eigenvalue weighted by Gasteiger charge is -2.37. The van der Waals surface area contributed by atoms with Gasteiger partial charge in [0.25, 0.3) is 10.0 Å². The van der Waals surface area contributed by atoms with Gasteiger partial charge in [0.1, 0.15) is 17.2 Å². The van der Waals surface area contributed by atoms with E-state index in [4.69, 9.17) is 4.74 Å². The molecule has 0 N–H and O–H groups in total. The highest BCUT2D eigenvalue weighted by atomic mass is 32.2. The van der Waals surface area contributed by atoms with Crippen LogP contribution in [-0.2, 0) is 14.8 Å². The van der Waals surface area contributed by atoms with Crippen LogP contribution in [0.4, 0.5) is 11.4 Å². The first-order valence-electron chi connectivity index (χ1n) is 12.0. The van der Waals surface area contributed by atoms with Crippen molar-refractivity contribution in [3.8, 4) is 5.75 Å². The van der Waals surface area contributed by atoms with E-state index in [0.29, 0.717) is 31.9 Å². The van der Waals surface area contributed by atoms with Gasteiger partial charge in [0, 0.05) is 31.9 Å². The normalized spacial score (nSPS) is 14.0. The average Bonchev–Trinajstić information content (AvgIpc) is 2.89. The molecule has 36 heavy (non-hydrogen) atoms. The summed E-state index contributed by atoms with van der Waals surface area (Å²) in [5, 5.41) is 0. The van der Waals surface area contributed by atoms with Crippen LogP contribution in [0.5, 0.6) is 5.75 Å². The third-order valence-electron chi connectivity index (χ3n) is 6.70. The number of methoxy groups -OCH3 is 1. The Morgan fingerprint density at radius 3 is 2.22 bits per heavy atom. The number of anilines is 2. The van der Waals surface area contributed by atoms with Crippen molar-refractivity contribution in [3.05, 3.63) is 83.4 Å². The summed E-state index contributed by atoms with van der Waals surface area (Å²) in [6.45, 7) is 7.89. The quantitative estimate of drug-likeness (QED) is 0.480. The molecule has 0 atom stereocenters. The molecule has 1 aliphatic heterocycles. The molecule has 8 heteroatoms. The minimum atomic E-state index is -4.09. The van der Waals surface area contributed by atoms with Gasteiger partial charge < -0.3 is 14.5 Å². The fourth-order valence-electron chi connectivity index (χ4n) is 4.38. The maximum absolute atomic E-state index is 14.0. The molecular formula is C28H33N3O4S. The predicted octanol–water partition coefficient (Wildman–Crippen LogP) is 4.16. The lowest BCUT2D eigenvalue weighted by atomic mass is 10.1. The van der Waals surface area contributed by atoms with Gasteiger partial charge in [0.05, 0.1) is 12.8 Å². The van der Waals surface area contributed by atoms with Crippen LogP contribution in [0.1, 0.15) is 16.7 Å². The Bertz CT molecular complexity index is 1330. The lowest BCUT2D eigenvalue weighted by molar-refractivity contribution is -0.129. The summed E-state index contributed by atoms with van der Waals surface area (Å²) in [4.78, 5) is 17.5. The zero-order valence-corrected chi connectivity index (χ0v) is 22.1. The number of carbonyl (C=O) groups excluding carboxylic acids is 1. The van der Waals surface area contributed by atoms with Crippen LogP contribution in [0.25, 0.3) is 0 Å². The molecule has 0 aliphatic carbocycles. The van der Waals surface area contributed by atoms with Gasteiger partial charge in [-0.2, -0.15) is 0 Å². The summed E-state index contributed by atoms with van der Waals surface area (Å²) in [7, 11) is -2.64. The van der Waals surface area contributed by atoms with Gasteiger partial charge >= 0.3 is 0 Å². The van der Waals surface area contributed by atoms with Crippen LogP contribution >= 0.6 is 0 Å². The number of carbonyl (C=O) groups is 1. The van der Waals surface area contributed by atoms with Gasteiger partial charge in [-0.25, -0.2) is 8.42 Å². The Labute approximate surface area is 214 Å². The molecule has 3 aromatic rings. The first kappa shape index (κ1) is 25.6. The highest BCUT2D eigenvalue weighted by Crippen LogP contribution is 2.32. The average molecular weight is 508 g/mol. The monoisotopic (exact) mass is 507 g/mol. The van der Waals surface area contributed by atoms with Crippen LogP contribution < -0.4 is 13.9 Å². The van der Waals surface area contributed by atoms with Gasteiger partial charge in [-0.1, -0.05) is 30.3 Å². The van der Waals surface area contributed by atoms with Crippen LogP contribution in [0.15, 0.2) is 71.6 Å². The third kappa shape index (κ3) is 5.33. The number of sulfonamides is 1. The maximum atomic E-state index is 14.0. The molecule has 0 unspecified atom stereocenters. The summed E-state index contributed by atoms with van der Waals surface area (Å²) in [5.74, 6) is 0.0227. The Kier molecular flexibility index (Phi) is 7.54. The predicted molar refractivity (Wildman–Crippen MR) is 143 cm³/mol. The fraction of sp³-hybridized carbons (Fsp3) is 0.321. The second kappa shape index (κ2) is 10.6. The van der Waals surface area contributed by atoms with Crippen LogP contribution in [0.2, 0.25) is 0 Å². The summed E-state index contributed by atoms with van der Waals surface area (Å²) in [6, 6.07) is 20.6. The van der Waals surface area contributed by atoms with Gasteiger partial charge in [-0.15, -0.1) is 0 Å². The van der Waals surface area contributed by atoms with Crippen LogP contribution in [0.3, 0.4) is 0 Å². The van der Waals surface area contributed by atoms with E-state index in [1.807, 2.05) is 51.1 Å². The number of piperazine rings is 1. The molecule has 7 nitrogen and oxygen atoms in total. The van der Waals surface area contributed by atoms with Crippen molar-refractivity contribution >= 4 is 27.3 Å². The highest BCUT2D eigenvalue weighted by molar-refractivity contribution is 7.93. The minimum absolute atomic E-state index is 0.0462. The Morgan fingerprint density at radius 2 is 1.58 bits per heavy atom. The van der Waals surface area contributed by atoms with Gasteiger partial charge in [-0.3, -0.25) is 9.10 Å². The van der Waals surface area contributed by atoms with Crippen molar-refractivity contribution in [2.24, 2.45) is 0 Å². The molecule has 0 aromatic heterocycles. The van der Waals surface area contributed by atoms with Crippen LogP contribution in [-0.4, -0.2) is 59.1 Å². The molecular weight excluding hydrogens is 474 g/mol. The zero-order chi connectivity index (χ0) is 25.9. The first-order chi connectivity index (χ1) is 17.2. The fourth-order valence-corrected chi connectivity index (χ4v) is 6.03. The van der Waals surface area contributed by atoms with E-state index in [9.17, 15) is 13.2 Å². The first-order valence-corrected chi connectivity index (χ1v) is 13.5. The number of ether oxygens (including phenoxy) is 1. The van der Waals surface area contributed by atoms with Crippen LogP contribution in [0, 0.1) is 20.8 Å². The summed E-state index contributed by atoms with van der Waals surface area (Å²) in [6.07, 6.45) is 0. The van der Waals surface area contributed by atoms with Crippen molar-refractivity contribution in [3.63, 3.8) is 0 Å². The smallest absolute Gasteiger partial charge is 0.268 e. The molecule has 0 spiro atoms. The minimum Gasteiger partial charge on any atom is -0.495 e. The molecule has 1 aliphatic rings. The van der Waals surface area contributed by atoms with E-state index >= 15 is 0 Å². The van der Waals surface area contributed by atoms with E-state index in [1.165, 1.54) is 11.4 Å². The Balaban J connectivity index is 1.62. The number of para-hydroxylation sites is 1. The van der Waals surface area contributed by atoms with Crippen molar-refractivity contribution in [2.75, 3.05) is 49.0 Å². The van der Waals surface area contributed by atoms with E-state index in [2.05, 4.69) is 17.0 Å². The SMILES string of the molecule is COc1ccc(C)cc1S(=O)(=O)N(CC(=O)N1CCN(c2ccccc2)CC1)c1ccc(C)c(C)c1. The van der Waals surface area contributed by atoms with E-state index in [0.717, 1.165) is 22.4 Å². The molecule has 0 bridgehead atoms. The molecule has 0 saturated carbocycles. The highest BCUT2D eigenvalue weighted by Gasteiger charge is 2.32. The summed E-state index contributed by atoms with van der Waals surface area (Å²) < 4.78 is 34.6. The molecule has 4 rings (SSSR count). The molecule has 1 fully saturated rings. The molecule has 3 aromatic carbocycles. The number of amides is 1. The third-order valence-corrected chi connectivity index (χ3v) is 8.49. The number of hydrogen-bond donors (Lipinski definition) is 0. The molecule has 190 valence electrons. The number of benzene rings is 3. The summed E-state index contributed by atoms with van der Waals surface area (Å²) in [5.41, 5.74) is 4.37. The number of hydrogen-bond acceptors (Lipinski definition) is 5. The van der Waals surface area contributed by atoms with E-state index in [-0.39, 0.29) is 23.1 Å². The standard InChI is InChI=1S/C28H33N3O4S/c1-21-10-13-26(35-4)27(18-21)36(33,34)31(25-12-11-22(2)23(3)19-25)20-28(32)30-16-14-29(15-17-30)24-8-6-5-7-9-24/h5-13,18-19H,14-17,20H2,1-4H3. The molecule has 0 radical (unpaired) electrons. The van der Waals surface area contributed by atoms with E-state index < -0.39 is 10.0 Å². The molecule has 1 saturated heterocycles. The largest absolute Gasteiger partial charge is 0.495 e. The number of rotatable bonds is 7. The topological polar surface area (TPSA) is 70.2 Å². The van der Waals surface area contributed by atoms with Crippen molar-refractivity contribution < 1.29 is 17.9 Å². The van der Waals surface area contributed by atoms with Gasteiger partial charge in [0.2, 0.25) is 5.91 Å². The van der Waals surface area contributed by atoms with Gasteiger partial charge in [-0.05, 0) is 73.9 Å². The maximum Gasteiger partial charge on any atom is 0.268 e. The van der Waals surface area contributed by atoms with Crippen molar-refractivity contribution in [1.82, 2.24) is 4.90 Å². The Hall–Kier alpha value is -3.52. The zero-order valence-electron chi connectivity index (χ0n) is 21.3. The molecule has 1 amide bonds. The second-order valence-corrected chi connectivity index (χ2v) is 11.0. The van der Waals surface area contributed by atoms with Gasteiger partial charge in [0.15, 0.2) is 0 Å². The molecule has 1 heterocycles. The Morgan fingerprint density at radius 1 is 0.889 bits per heavy atom.